The molecular weight excluding hydrogens is 348 g/mol. The first kappa shape index (κ1) is 17.9. The number of anilines is 2. The lowest BCUT2D eigenvalue weighted by Gasteiger charge is -2.09. The van der Waals surface area contributed by atoms with Gasteiger partial charge in [0.1, 0.15) is 5.69 Å². The maximum atomic E-state index is 12.4. The zero-order valence-electron chi connectivity index (χ0n) is 14.4. The highest BCUT2D eigenvalue weighted by atomic mass is 35.5. The highest BCUT2D eigenvalue weighted by Crippen LogP contribution is 2.12. The van der Waals surface area contributed by atoms with E-state index >= 15 is 0 Å². The summed E-state index contributed by atoms with van der Waals surface area (Å²) < 4.78 is 0. The largest absolute Gasteiger partial charge is 0.354 e. The Morgan fingerprint density at radius 1 is 1.04 bits per heavy atom. The van der Waals surface area contributed by atoms with Gasteiger partial charge in [-0.25, -0.2) is 9.97 Å². The Kier molecular flexibility index (Phi) is 5.81. The Balaban J connectivity index is 1.64. The van der Waals surface area contributed by atoms with Gasteiger partial charge >= 0.3 is 0 Å². The van der Waals surface area contributed by atoms with Crippen molar-refractivity contribution in [2.45, 2.75) is 13.3 Å². The van der Waals surface area contributed by atoms with E-state index in [-0.39, 0.29) is 5.91 Å². The van der Waals surface area contributed by atoms with Crippen molar-refractivity contribution < 1.29 is 4.79 Å². The number of benzene rings is 2. The van der Waals surface area contributed by atoms with Crippen molar-refractivity contribution in [1.82, 2.24) is 9.97 Å². The lowest BCUT2D eigenvalue weighted by Crippen LogP contribution is -2.16. The van der Waals surface area contributed by atoms with Crippen LogP contribution in [-0.4, -0.2) is 22.4 Å². The van der Waals surface area contributed by atoms with Crippen molar-refractivity contribution in [1.29, 1.82) is 0 Å². The first-order valence-corrected chi connectivity index (χ1v) is 8.68. The van der Waals surface area contributed by atoms with E-state index in [0.29, 0.717) is 23.2 Å². The van der Waals surface area contributed by atoms with Crippen LogP contribution in [0.3, 0.4) is 0 Å². The number of nitrogens with zero attached hydrogens (tertiary/aromatic N) is 2. The number of halogens is 1. The van der Waals surface area contributed by atoms with E-state index in [2.05, 4.69) is 20.6 Å². The van der Waals surface area contributed by atoms with Crippen molar-refractivity contribution in [3.05, 3.63) is 82.6 Å². The summed E-state index contributed by atoms with van der Waals surface area (Å²) in [4.78, 5) is 21.1. The molecule has 0 fully saturated rings. The summed E-state index contributed by atoms with van der Waals surface area (Å²) in [5.41, 5.74) is 2.90. The SMILES string of the molecule is Cc1cc(C(=O)Nc2ccccc2)nc(NCCc2cccc(Cl)c2)n1. The van der Waals surface area contributed by atoms with Crippen molar-refractivity contribution >= 4 is 29.1 Å². The zero-order valence-corrected chi connectivity index (χ0v) is 15.1. The Bertz CT molecular complexity index is 899. The quantitative estimate of drug-likeness (QED) is 0.680. The van der Waals surface area contributed by atoms with Gasteiger partial charge in [-0.3, -0.25) is 4.79 Å². The second kappa shape index (κ2) is 8.45. The van der Waals surface area contributed by atoms with Crippen LogP contribution >= 0.6 is 11.6 Å². The second-order valence-corrected chi connectivity index (χ2v) is 6.28. The number of rotatable bonds is 6. The molecule has 132 valence electrons. The topological polar surface area (TPSA) is 66.9 Å². The third-order valence-electron chi connectivity index (χ3n) is 3.70. The highest BCUT2D eigenvalue weighted by molar-refractivity contribution is 6.30. The molecule has 0 aliphatic carbocycles. The molecule has 6 heteroatoms. The molecule has 2 aromatic carbocycles. The van der Waals surface area contributed by atoms with E-state index in [1.807, 2.05) is 61.5 Å². The van der Waals surface area contributed by atoms with Crippen LogP contribution in [0.25, 0.3) is 0 Å². The summed E-state index contributed by atoms with van der Waals surface area (Å²) in [6.45, 7) is 2.48. The van der Waals surface area contributed by atoms with E-state index in [4.69, 9.17) is 11.6 Å². The lowest BCUT2D eigenvalue weighted by molar-refractivity contribution is 0.102. The van der Waals surface area contributed by atoms with Crippen LogP contribution in [0.5, 0.6) is 0 Å². The average Bonchev–Trinajstić information content (AvgIpc) is 2.62. The number of amides is 1. The fourth-order valence-electron chi connectivity index (χ4n) is 2.49. The molecule has 0 bridgehead atoms. The van der Waals surface area contributed by atoms with Gasteiger partial charge in [0, 0.05) is 22.9 Å². The summed E-state index contributed by atoms with van der Waals surface area (Å²) in [5.74, 6) is 0.171. The van der Waals surface area contributed by atoms with E-state index < -0.39 is 0 Å². The molecule has 5 nitrogen and oxygen atoms in total. The van der Waals surface area contributed by atoms with E-state index in [0.717, 1.165) is 23.4 Å². The van der Waals surface area contributed by atoms with Crippen LogP contribution in [0.4, 0.5) is 11.6 Å². The average molecular weight is 367 g/mol. The molecule has 3 rings (SSSR count). The van der Waals surface area contributed by atoms with Crippen molar-refractivity contribution in [3.8, 4) is 0 Å². The van der Waals surface area contributed by atoms with Crippen LogP contribution < -0.4 is 10.6 Å². The summed E-state index contributed by atoms with van der Waals surface area (Å²) in [6.07, 6.45) is 0.781. The maximum Gasteiger partial charge on any atom is 0.274 e. The Morgan fingerprint density at radius 2 is 1.85 bits per heavy atom. The van der Waals surface area contributed by atoms with E-state index in [9.17, 15) is 4.79 Å². The van der Waals surface area contributed by atoms with Crippen molar-refractivity contribution in [3.63, 3.8) is 0 Å². The number of para-hydroxylation sites is 1. The highest BCUT2D eigenvalue weighted by Gasteiger charge is 2.11. The molecule has 1 aromatic heterocycles. The van der Waals surface area contributed by atoms with Gasteiger partial charge in [0.05, 0.1) is 0 Å². The monoisotopic (exact) mass is 366 g/mol. The Labute approximate surface area is 157 Å². The molecule has 1 heterocycles. The van der Waals surface area contributed by atoms with Gasteiger partial charge in [0.2, 0.25) is 5.95 Å². The van der Waals surface area contributed by atoms with Gasteiger partial charge in [0.25, 0.3) is 5.91 Å². The molecule has 0 atom stereocenters. The first-order valence-electron chi connectivity index (χ1n) is 8.30. The van der Waals surface area contributed by atoms with Crippen molar-refractivity contribution in [2.75, 3.05) is 17.2 Å². The fraction of sp³-hybridized carbons (Fsp3) is 0.150. The molecular formula is C20H19ClN4O. The number of carbonyl (C=O) groups excluding carboxylic acids is 1. The molecule has 0 saturated carbocycles. The lowest BCUT2D eigenvalue weighted by atomic mass is 10.1. The zero-order chi connectivity index (χ0) is 18.4. The minimum atomic E-state index is -0.264. The molecule has 0 aliphatic rings. The van der Waals surface area contributed by atoms with Gasteiger partial charge in [-0.2, -0.15) is 0 Å². The minimum absolute atomic E-state index is 0.264. The standard InChI is InChI=1S/C20H19ClN4O/c1-14-12-18(19(26)24-17-8-3-2-4-9-17)25-20(23-14)22-11-10-15-6-5-7-16(21)13-15/h2-9,12-13H,10-11H2,1H3,(H,24,26)(H,22,23,25). The van der Waals surface area contributed by atoms with E-state index in [1.54, 1.807) is 6.07 Å². The maximum absolute atomic E-state index is 12.4. The number of carbonyl (C=O) groups is 1. The first-order chi connectivity index (χ1) is 12.6. The number of aromatic nitrogens is 2. The molecule has 0 radical (unpaired) electrons. The number of hydrogen-bond acceptors (Lipinski definition) is 4. The fourth-order valence-corrected chi connectivity index (χ4v) is 2.70. The number of aryl methyl sites for hydroxylation is 1. The Morgan fingerprint density at radius 3 is 2.62 bits per heavy atom. The normalized spacial score (nSPS) is 10.4. The van der Waals surface area contributed by atoms with Gasteiger partial charge in [-0.1, -0.05) is 41.9 Å². The summed E-state index contributed by atoms with van der Waals surface area (Å²) in [5, 5.41) is 6.71. The molecule has 1 amide bonds. The molecule has 26 heavy (non-hydrogen) atoms. The minimum Gasteiger partial charge on any atom is -0.354 e. The smallest absolute Gasteiger partial charge is 0.274 e. The molecule has 0 unspecified atom stereocenters. The number of hydrogen-bond donors (Lipinski definition) is 2. The molecule has 0 spiro atoms. The van der Waals surface area contributed by atoms with Gasteiger partial charge in [-0.05, 0) is 49.2 Å². The number of nitrogens with one attached hydrogen (secondary N) is 2. The van der Waals surface area contributed by atoms with Gasteiger partial charge < -0.3 is 10.6 Å². The second-order valence-electron chi connectivity index (χ2n) is 5.85. The summed E-state index contributed by atoms with van der Waals surface area (Å²) >= 11 is 5.99. The van der Waals surface area contributed by atoms with Gasteiger partial charge in [0.15, 0.2) is 0 Å². The molecule has 2 N–H and O–H groups in total. The van der Waals surface area contributed by atoms with Crippen LogP contribution in [-0.2, 0) is 6.42 Å². The molecule has 0 saturated heterocycles. The van der Waals surface area contributed by atoms with Crippen LogP contribution in [0.1, 0.15) is 21.7 Å². The molecule has 3 aromatic rings. The third-order valence-corrected chi connectivity index (χ3v) is 3.94. The predicted molar refractivity (Wildman–Crippen MR) is 105 cm³/mol. The van der Waals surface area contributed by atoms with Crippen LogP contribution in [0.2, 0.25) is 5.02 Å². The summed E-state index contributed by atoms with van der Waals surface area (Å²) in [6, 6.07) is 18.7. The van der Waals surface area contributed by atoms with Gasteiger partial charge in [-0.15, -0.1) is 0 Å². The third kappa shape index (κ3) is 5.04. The molecule has 0 aliphatic heterocycles. The predicted octanol–water partition coefficient (Wildman–Crippen LogP) is 4.35. The summed E-state index contributed by atoms with van der Waals surface area (Å²) in [7, 11) is 0. The van der Waals surface area contributed by atoms with E-state index in [1.165, 1.54) is 0 Å². The van der Waals surface area contributed by atoms with Crippen LogP contribution in [0, 0.1) is 6.92 Å². The van der Waals surface area contributed by atoms with Crippen molar-refractivity contribution in [2.24, 2.45) is 0 Å². The Hall–Kier alpha value is -2.92. The van der Waals surface area contributed by atoms with Crippen LogP contribution in [0.15, 0.2) is 60.7 Å².